The van der Waals surface area contributed by atoms with Crippen LogP contribution in [0.4, 0.5) is 0 Å². The third-order valence-electron chi connectivity index (χ3n) is 10.0. The second-order valence-electron chi connectivity index (χ2n) is 13.8. The predicted octanol–water partition coefficient (Wildman–Crippen LogP) is 10.6. The summed E-state index contributed by atoms with van der Waals surface area (Å²) in [5.74, 6) is 0. The van der Waals surface area contributed by atoms with Gasteiger partial charge in [0.1, 0.15) is 0 Å². The van der Waals surface area contributed by atoms with Crippen LogP contribution in [0.5, 0.6) is 0 Å². The molecule has 0 saturated heterocycles. The minimum atomic E-state index is -0.281. The van der Waals surface area contributed by atoms with Crippen LogP contribution < -0.4 is 21.2 Å². The van der Waals surface area contributed by atoms with Crippen LogP contribution in [-0.2, 0) is 21.8 Å². The molecule has 0 aliphatic carbocycles. The number of hydrogen-bond donors (Lipinski definition) is 0. The van der Waals surface area contributed by atoms with Gasteiger partial charge in [-0.1, -0.05) is 72.8 Å². The van der Waals surface area contributed by atoms with Gasteiger partial charge < -0.3 is 0 Å². The van der Waals surface area contributed by atoms with Gasteiger partial charge in [0.25, 0.3) is 0 Å². The second kappa shape index (κ2) is 16.9. The summed E-state index contributed by atoms with van der Waals surface area (Å²) < 4.78 is 2.85. The van der Waals surface area contributed by atoms with Crippen molar-refractivity contribution in [1.29, 1.82) is 0 Å². The summed E-state index contributed by atoms with van der Waals surface area (Å²) in [6.07, 6.45) is 0. The van der Waals surface area contributed by atoms with Crippen LogP contribution in [0, 0.1) is 34.8 Å². The maximum atomic E-state index is 2.33. The van der Waals surface area contributed by atoms with E-state index in [9.17, 15) is 0 Å². The Balaban J connectivity index is 0.965. The van der Waals surface area contributed by atoms with E-state index in [1.54, 1.807) is 0 Å². The molecule has 0 aliphatic heterocycles. The molecule has 0 saturated carbocycles. The molecule has 0 nitrogen and oxygen atoms in total. The molecule has 3 heteroatoms. The Bertz CT molecular complexity index is 2270. The fourth-order valence-corrected chi connectivity index (χ4v) is 13.9. The van der Waals surface area contributed by atoms with Crippen molar-refractivity contribution in [2.24, 2.45) is 0 Å². The van der Waals surface area contributed by atoms with Gasteiger partial charge >= 0.3 is 21.2 Å². The minimum absolute atomic E-state index is 0.158. The molecule has 0 aromatic heterocycles. The van der Waals surface area contributed by atoms with Crippen LogP contribution >= 0.6 is 0 Å². The molecule has 0 heterocycles. The van der Waals surface area contributed by atoms with E-state index in [-0.39, 0.29) is 43.0 Å². The van der Waals surface area contributed by atoms with Crippen molar-refractivity contribution in [1.82, 2.24) is 0 Å². The van der Waals surface area contributed by atoms with Gasteiger partial charge in [-0.2, -0.15) is 0 Å². The molecule has 0 spiro atoms. The number of hydrogen-bond acceptors (Lipinski definition) is 0. The van der Waals surface area contributed by atoms with E-state index >= 15 is 0 Å². The highest BCUT2D eigenvalue weighted by atomic mass is 127. The Morgan fingerprint density at radius 3 is 0.764 bits per heavy atom. The standard InChI is InChI=1S/C52H44IS2/c1-37-13-5-9-17-49(37)54(50-18-10-6-14-38(50)2)47-33-25-43(26-34-47)41-21-29-45(30-22-41)53-46-31-23-42(24-32-46)44-27-35-48(36-28-44)55(51-19-11-7-15-39(51)3)52-20-12-8-16-40(52)4/h5-36H,1-4H3/q+3. The molecule has 0 bridgehead atoms. The normalized spacial score (nSPS) is 11.3. The molecular formula is C52H44IS2+3. The number of aryl methyl sites for hydroxylation is 4. The topological polar surface area (TPSA) is 0 Å². The summed E-state index contributed by atoms with van der Waals surface area (Å²) in [5, 5.41) is 0. The second-order valence-corrected chi connectivity index (χ2v) is 20.8. The van der Waals surface area contributed by atoms with Crippen molar-refractivity contribution in [2.45, 2.75) is 57.1 Å². The highest BCUT2D eigenvalue weighted by molar-refractivity contribution is 7.97. The number of halogens is 1. The smallest absolute Gasteiger partial charge is 0.0616 e. The maximum absolute atomic E-state index is 2.33. The molecule has 55 heavy (non-hydrogen) atoms. The van der Waals surface area contributed by atoms with Gasteiger partial charge in [0.15, 0.2) is 36.5 Å². The molecule has 0 radical (unpaired) electrons. The zero-order valence-electron chi connectivity index (χ0n) is 31.7. The Morgan fingerprint density at radius 2 is 0.509 bits per heavy atom. The summed E-state index contributed by atoms with van der Waals surface area (Å²) in [6.45, 7) is 8.92. The van der Waals surface area contributed by atoms with Gasteiger partial charge in [-0.25, -0.2) is 0 Å². The molecule has 268 valence electrons. The lowest BCUT2D eigenvalue weighted by molar-refractivity contribution is -0.597. The van der Waals surface area contributed by atoms with E-state index in [1.165, 1.54) is 81.0 Å². The molecule has 8 rings (SSSR count). The monoisotopic (exact) mass is 859 g/mol. The average Bonchev–Trinajstić information content (AvgIpc) is 3.22. The summed E-state index contributed by atoms with van der Waals surface area (Å²) in [5.41, 5.74) is 10.4. The highest BCUT2D eigenvalue weighted by Crippen LogP contribution is 2.37. The van der Waals surface area contributed by atoms with Crippen LogP contribution in [0.15, 0.2) is 223 Å². The van der Waals surface area contributed by atoms with Gasteiger partial charge in [0, 0.05) is 22.3 Å². The summed E-state index contributed by atoms with van der Waals surface area (Å²) >= 11 is -0.281. The van der Waals surface area contributed by atoms with Crippen molar-refractivity contribution in [3.8, 4) is 22.3 Å². The Labute approximate surface area is 343 Å². The average molecular weight is 860 g/mol. The lowest BCUT2D eigenvalue weighted by Crippen LogP contribution is -3.61. The quantitative estimate of drug-likeness (QED) is 0.0950. The first-order valence-electron chi connectivity index (χ1n) is 18.7. The van der Waals surface area contributed by atoms with Crippen molar-refractivity contribution in [3.05, 3.63) is 224 Å². The Kier molecular flexibility index (Phi) is 11.4. The summed E-state index contributed by atoms with van der Waals surface area (Å²) in [4.78, 5) is 8.27. The lowest BCUT2D eigenvalue weighted by atomic mass is 10.1. The van der Waals surface area contributed by atoms with E-state index in [4.69, 9.17) is 0 Å². The van der Waals surface area contributed by atoms with Crippen molar-refractivity contribution in [2.75, 3.05) is 0 Å². The van der Waals surface area contributed by atoms with Crippen molar-refractivity contribution >= 4 is 21.8 Å². The fraction of sp³-hybridized carbons (Fsp3) is 0.0769. The van der Waals surface area contributed by atoms with E-state index in [1.807, 2.05) is 0 Å². The largest absolute Gasteiger partial charge is 0.357 e. The molecule has 0 unspecified atom stereocenters. The van der Waals surface area contributed by atoms with Crippen LogP contribution in [-0.4, -0.2) is 0 Å². The summed E-state index contributed by atoms with van der Waals surface area (Å²) in [7, 11) is -0.316. The molecule has 8 aromatic rings. The molecule has 8 aromatic carbocycles. The van der Waals surface area contributed by atoms with Crippen molar-refractivity contribution < 1.29 is 21.2 Å². The predicted molar refractivity (Wildman–Crippen MR) is 230 cm³/mol. The molecular weight excluding hydrogens is 816 g/mol. The molecule has 0 aliphatic rings. The van der Waals surface area contributed by atoms with Crippen LogP contribution in [0.3, 0.4) is 0 Å². The van der Waals surface area contributed by atoms with E-state index < -0.39 is 0 Å². The maximum Gasteiger partial charge on any atom is 0.357 e. The van der Waals surface area contributed by atoms with Gasteiger partial charge in [0.05, 0.1) is 21.8 Å². The van der Waals surface area contributed by atoms with Gasteiger partial charge in [-0.3, -0.25) is 0 Å². The first kappa shape index (κ1) is 37.1. The molecule has 0 N–H and O–H groups in total. The van der Waals surface area contributed by atoms with E-state index in [0.717, 1.165) is 0 Å². The highest BCUT2D eigenvalue weighted by Gasteiger charge is 2.33. The number of benzene rings is 8. The SMILES string of the molecule is Cc1ccccc1[S+](c1ccc(-c2ccc([I+]c3ccc(-c4ccc([S+](c5ccccc5C)c5ccccc5C)cc4)cc3)cc2)cc1)c1ccccc1C. The fourth-order valence-electron chi connectivity index (χ4n) is 6.99. The van der Waals surface area contributed by atoms with Crippen LogP contribution in [0.1, 0.15) is 22.3 Å². The zero-order chi connectivity index (χ0) is 37.7. The van der Waals surface area contributed by atoms with E-state index in [0.29, 0.717) is 0 Å². The van der Waals surface area contributed by atoms with Crippen LogP contribution in [0.25, 0.3) is 22.3 Å². The first-order valence-corrected chi connectivity index (χ1v) is 23.3. The third kappa shape index (κ3) is 8.26. The van der Waals surface area contributed by atoms with E-state index in [2.05, 4.69) is 222 Å². The van der Waals surface area contributed by atoms with Crippen molar-refractivity contribution in [3.63, 3.8) is 0 Å². The lowest BCUT2D eigenvalue weighted by Gasteiger charge is -2.12. The summed E-state index contributed by atoms with van der Waals surface area (Å²) in [6, 6.07) is 72.3. The number of rotatable bonds is 10. The van der Waals surface area contributed by atoms with Crippen LogP contribution in [0.2, 0.25) is 0 Å². The first-order chi connectivity index (χ1) is 26.9. The Morgan fingerprint density at radius 1 is 0.273 bits per heavy atom. The minimum Gasteiger partial charge on any atom is -0.0616 e. The third-order valence-corrected chi connectivity index (χ3v) is 17.8. The zero-order valence-corrected chi connectivity index (χ0v) is 35.5. The van der Waals surface area contributed by atoms with Gasteiger partial charge in [-0.15, -0.1) is 0 Å². The molecule has 0 fully saturated rings. The molecule has 0 amide bonds. The molecule has 0 atom stereocenters. The van der Waals surface area contributed by atoms with Gasteiger partial charge in [0.2, 0.25) is 0 Å². The van der Waals surface area contributed by atoms with Gasteiger partial charge in [-0.05, 0) is 171 Å². The Hall–Kier alpha value is -4.81.